The Kier molecular flexibility index (Phi) is 13.0. The van der Waals surface area contributed by atoms with E-state index < -0.39 is 51.6 Å². The van der Waals surface area contributed by atoms with Crippen LogP contribution in [0.3, 0.4) is 0 Å². The summed E-state index contributed by atoms with van der Waals surface area (Å²) in [6.07, 6.45) is 4.67. The van der Waals surface area contributed by atoms with Crippen molar-refractivity contribution >= 4 is 73.4 Å². The number of thiazole rings is 1. The Bertz CT molecular complexity index is 2560. The number of carbonyl (C=O) groups is 3. The molecular formula is C48H38IN5O6S2. The van der Waals surface area contributed by atoms with Crippen LogP contribution in [0.5, 0.6) is 0 Å². The third kappa shape index (κ3) is 8.43. The Labute approximate surface area is 378 Å². The first kappa shape index (κ1) is 42.3. The van der Waals surface area contributed by atoms with Crippen LogP contribution in [0, 0.1) is 12.3 Å². The zero-order valence-corrected chi connectivity index (χ0v) is 36.7. The van der Waals surface area contributed by atoms with Gasteiger partial charge in [0, 0.05) is 9.81 Å². The van der Waals surface area contributed by atoms with E-state index in [-0.39, 0.29) is 29.5 Å². The number of fused-ring (bicyclic) bond motifs is 1. The lowest BCUT2D eigenvalue weighted by Gasteiger charge is -2.49. The summed E-state index contributed by atoms with van der Waals surface area (Å²) in [5.41, 5.74) is 3.85. The highest BCUT2D eigenvalue weighted by molar-refractivity contribution is 14.1. The number of β-lactam (4-membered cyclic amide) rings is 1. The van der Waals surface area contributed by atoms with Crippen molar-refractivity contribution in [1.82, 2.24) is 15.2 Å². The first-order valence-corrected chi connectivity index (χ1v) is 23.3. The highest BCUT2D eigenvalue weighted by Gasteiger charge is 2.57. The fourth-order valence-electron chi connectivity index (χ4n) is 7.62. The zero-order valence-electron chi connectivity index (χ0n) is 32.9. The van der Waals surface area contributed by atoms with Crippen molar-refractivity contribution in [2.45, 2.75) is 23.1 Å². The number of alkyl halides is 1. The van der Waals surface area contributed by atoms with Gasteiger partial charge in [-0.2, -0.15) is 0 Å². The predicted octanol–water partition coefficient (Wildman–Crippen LogP) is 7.34. The topological polar surface area (TPSA) is 139 Å². The minimum absolute atomic E-state index is 0.00880. The van der Waals surface area contributed by atoms with E-state index >= 15 is 0 Å². The average molecular weight is 972 g/mol. The number of benzene rings is 5. The van der Waals surface area contributed by atoms with Gasteiger partial charge in [0.25, 0.3) is 11.8 Å². The molecule has 8 rings (SSSR count). The maximum Gasteiger partial charge on any atom is 0.356 e. The van der Waals surface area contributed by atoms with Gasteiger partial charge >= 0.3 is 5.97 Å². The normalized spacial score (nSPS) is 17.4. The van der Waals surface area contributed by atoms with E-state index in [1.165, 1.54) is 16.2 Å². The number of amides is 2. The SMILES string of the molecule is C#CCO/N=C(/C(=O)NC1C(=O)N2C(C(=O)OC(c3ccccc3)c3ccccc3)=C(CI)CS(=O)[C@H]12)c1csc(NC(c2ccccc2)(c2ccccc2)c2ccccc2)n1. The summed E-state index contributed by atoms with van der Waals surface area (Å²) < 4.78 is 20.3. The first-order valence-electron chi connectivity index (χ1n) is 19.5. The summed E-state index contributed by atoms with van der Waals surface area (Å²) in [4.78, 5) is 53.8. The lowest BCUT2D eigenvalue weighted by atomic mass is 9.77. The van der Waals surface area contributed by atoms with Crippen LogP contribution in [-0.2, 0) is 40.3 Å². The van der Waals surface area contributed by atoms with Crippen molar-refractivity contribution in [1.29, 1.82) is 0 Å². The number of halogens is 1. The molecule has 0 aliphatic carbocycles. The molecule has 62 heavy (non-hydrogen) atoms. The van der Waals surface area contributed by atoms with Crippen LogP contribution in [0.2, 0.25) is 0 Å². The Morgan fingerprint density at radius 3 is 1.89 bits per heavy atom. The quantitative estimate of drug-likeness (QED) is 0.0126. The number of hydrogen-bond acceptors (Lipinski definition) is 10. The molecular weight excluding hydrogens is 934 g/mol. The van der Waals surface area contributed by atoms with Crippen LogP contribution in [-0.4, -0.2) is 65.8 Å². The second-order valence-corrected chi connectivity index (χ2v) is 17.3. The molecule has 3 heterocycles. The summed E-state index contributed by atoms with van der Waals surface area (Å²) in [7, 11) is -1.68. The van der Waals surface area contributed by atoms with Crippen LogP contribution >= 0.6 is 33.9 Å². The van der Waals surface area contributed by atoms with E-state index in [2.05, 4.69) is 44.3 Å². The van der Waals surface area contributed by atoms with Gasteiger partial charge in [-0.1, -0.05) is 185 Å². The standard InChI is InChI=1S/C48H38IN5O6S2/c1-2-28-59-53-39(38-30-61-47(50-38)52-48(35-22-12-5-13-23-35,36-24-14-6-15-25-36)37-26-16-7-17-27-37)43(55)51-40-44(56)54-41(34(29-49)31-62(58)45(40)54)46(57)60-42(32-18-8-3-9-19-32)33-20-10-4-11-21-33/h1,3-27,30,40,42,45H,28-29,31H2,(H,50,52)(H,51,55)/b53-39+/t40?,45-,62?/m1/s1. The number of anilines is 1. The predicted molar refractivity (Wildman–Crippen MR) is 249 cm³/mol. The highest BCUT2D eigenvalue weighted by Crippen LogP contribution is 2.41. The second-order valence-electron chi connectivity index (χ2n) is 14.2. The third-order valence-corrected chi connectivity index (χ3v) is 13.8. The third-order valence-electron chi connectivity index (χ3n) is 10.5. The van der Waals surface area contributed by atoms with Crippen molar-refractivity contribution in [2.75, 3.05) is 22.1 Å². The van der Waals surface area contributed by atoms with Crippen molar-refractivity contribution < 1.29 is 28.2 Å². The van der Waals surface area contributed by atoms with Gasteiger partial charge < -0.3 is 20.2 Å². The molecule has 2 amide bonds. The summed E-state index contributed by atoms with van der Waals surface area (Å²) >= 11 is 3.33. The number of esters is 1. The van der Waals surface area contributed by atoms with E-state index in [9.17, 15) is 18.6 Å². The molecule has 1 saturated heterocycles. The van der Waals surface area contributed by atoms with Gasteiger partial charge in [-0.05, 0) is 33.4 Å². The molecule has 0 saturated carbocycles. The van der Waals surface area contributed by atoms with Crippen LogP contribution in [0.15, 0.2) is 173 Å². The number of rotatable bonds is 15. The molecule has 2 aliphatic rings. The fourth-order valence-corrected chi connectivity index (χ4v) is 11.1. The molecule has 14 heteroatoms. The van der Waals surface area contributed by atoms with Gasteiger partial charge in [-0.3, -0.25) is 18.7 Å². The minimum Gasteiger partial charge on any atom is -0.448 e. The number of carbonyl (C=O) groups excluding carboxylic acids is 3. The maximum atomic E-state index is 14.2. The van der Waals surface area contributed by atoms with E-state index in [4.69, 9.17) is 21.0 Å². The van der Waals surface area contributed by atoms with E-state index in [1.807, 2.05) is 152 Å². The van der Waals surface area contributed by atoms with Gasteiger partial charge in [-0.25, -0.2) is 9.78 Å². The monoisotopic (exact) mass is 971 g/mol. The molecule has 1 aromatic heterocycles. The van der Waals surface area contributed by atoms with Crippen LogP contribution in [0.1, 0.15) is 39.6 Å². The minimum atomic E-state index is -1.68. The number of nitrogens with one attached hydrogen (secondary N) is 2. The summed E-state index contributed by atoms with van der Waals surface area (Å²) in [6, 6.07) is 47.3. The number of aromatic nitrogens is 1. The lowest BCUT2D eigenvalue weighted by Crippen LogP contribution is -2.74. The molecule has 310 valence electrons. The van der Waals surface area contributed by atoms with Gasteiger partial charge in [0.15, 0.2) is 23.6 Å². The Hall–Kier alpha value is -6.41. The lowest BCUT2D eigenvalue weighted by molar-refractivity contribution is -0.154. The fraction of sp³-hybridized carbons (Fsp3) is 0.146. The largest absolute Gasteiger partial charge is 0.448 e. The molecule has 1 fully saturated rings. The number of hydrogen-bond donors (Lipinski definition) is 2. The smallest absolute Gasteiger partial charge is 0.356 e. The molecule has 2 unspecified atom stereocenters. The van der Waals surface area contributed by atoms with E-state index in [1.54, 1.807) is 5.38 Å². The molecule has 11 nitrogen and oxygen atoms in total. The molecule has 2 aliphatic heterocycles. The Morgan fingerprint density at radius 1 is 0.871 bits per heavy atom. The highest BCUT2D eigenvalue weighted by atomic mass is 127. The zero-order chi connectivity index (χ0) is 43.1. The average Bonchev–Trinajstić information content (AvgIpc) is 3.79. The van der Waals surface area contributed by atoms with Gasteiger partial charge in [0.05, 0.1) is 16.6 Å². The molecule has 6 aromatic rings. The number of ether oxygens (including phenoxy) is 1. The van der Waals surface area contributed by atoms with Gasteiger partial charge in [0.2, 0.25) is 0 Å². The van der Waals surface area contributed by atoms with E-state index in [0.717, 1.165) is 27.8 Å². The van der Waals surface area contributed by atoms with Crippen molar-refractivity contribution in [3.63, 3.8) is 0 Å². The molecule has 3 atom stereocenters. The molecule has 0 spiro atoms. The van der Waals surface area contributed by atoms with Gasteiger partial charge in [-0.15, -0.1) is 17.8 Å². The van der Waals surface area contributed by atoms with Gasteiger partial charge in [0.1, 0.15) is 28.3 Å². The molecule has 0 radical (unpaired) electrons. The van der Waals surface area contributed by atoms with Crippen molar-refractivity contribution in [3.8, 4) is 12.3 Å². The molecule has 2 N–H and O–H groups in total. The van der Waals surface area contributed by atoms with Crippen LogP contribution < -0.4 is 10.6 Å². The first-order chi connectivity index (χ1) is 30.3. The Balaban J connectivity index is 1.07. The molecule has 0 bridgehead atoms. The number of terminal acetylenes is 1. The van der Waals surface area contributed by atoms with Crippen molar-refractivity contribution in [2.24, 2.45) is 5.16 Å². The Morgan fingerprint density at radius 2 is 1.39 bits per heavy atom. The summed E-state index contributed by atoms with van der Waals surface area (Å²) in [6.45, 7) is -0.240. The summed E-state index contributed by atoms with van der Waals surface area (Å²) in [5.74, 6) is 0.176. The summed E-state index contributed by atoms with van der Waals surface area (Å²) in [5, 5.41) is 11.6. The van der Waals surface area contributed by atoms with Crippen LogP contribution in [0.4, 0.5) is 5.13 Å². The number of nitrogens with zero attached hydrogens (tertiary/aromatic N) is 3. The van der Waals surface area contributed by atoms with E-state index in [0.29, 0.717) is 15.1 Å². The van der Waals surface area contributed by atoms with Crippen LogP contribution in [0.25, 0.3) is 0 Å². The second kappa shape index (κ2) is 19.1. The maximum absolute atomic E-state index is 14.2. The molecule has 5 aromatic carbocycles. The number of oxime groups is 1. The van der Waals surface area contributed by atoms with Crippen molar-refractivity contribution in [3.05, 3.63) is 202 Å².